The number of amides is 1. The molecular formula is C26H39NO5. The first-order valence-electron chi connectivity index (χ1n) is 11.9. The Morgan fingerprint density at radius 2 is 1.56 bits per heavy atom. The number of hydrogen-bond donors (Lipinski definition) is 0. The van der Waals surface area contributed by atoms with Crippen molar-refractivity contribution < 1.29 is 23.8 Å². The smallest absolute Gasteiger partial charge is 0.410 e. The zero-order valence-electron chi connectivity index (χ0n) is 20.2. The normalized spacial score (nSPS) is 20.1. The van der Waals surface area contributed by atoms with Gasteiger partial charge in [0.1, 0.15) is 12.2 Å². The number of benzene rings is 1. The van der Waals surface area contributed by atoms with Gasteiger partial charge in [-0.05, 0) is 77.2 Å². The van der Waals surface area contributed by atoms with Gasteiger partial charge in [0.2, 0.25) is 0 Å². The number of carbonyl (C=O) groups is 2. The molecule has 2 aliphatic rings. The highest BCUT2D eigenvalue weighted by molar-refractivity contribution is 5.76. The van der Waals surface area contributed by atoms with Crippen LogP contribution in [0.15, 0.2) is 30.3 Å². The Labute approximate surface area is 192 Å². The highest BCUT2D eigenvalue weighted by Gasteiger charge is 2.46. The molecule has 1 aromatic carbocycles. The molecule has 1 saturated carbocycles. The monoisotopic (exact) mass is 445 g/mol. The predicted octanol–water partition coefficient (Wildman–Crippen LogP) is 5.34. The first-order chi connectivity index (χ1) is 15.1. The largest absolute Gasteiger partial charge is 0.463 e. The third-order valence-electron chi connectivity index (χ3n) is 6.96. The van der Waals surface area contributed by atoms with E-state index < -0.39 is 11.0 Å². The van der Waals surface area contributed by atoms with E-state index in [1.807, 2.05) is 62.9 Å². The Morgan fingerprint density at radius 3 is 2.16 bits per heavy atom. The molecule has 0 atom stereocenters. The zero-order valence-corrected chi connectivity index (χ0v) is 20.2. The number of likely N-dealkylation sites (tertiary alicyclic amines) is 1. The van der Waals surface area contributed by atoms with Crippen LogP contribution in [0.25, 0.3) is 0 Å². The van der Waals surface area contributed by atoms with Crippen molar-refractivity contribution in [2.24, 2.45) is 10.8 Å². The lowest BCUT2D eigenvalue weighted by atomic mass is 9.61. The summed E-state index contributed by atoms with van der Waals surface area (Å²) < 4.78 is 16.7. The summed E-state index contributed by atoms with van der Waals surface area (Å²) in [6.45, 7) is 10.4. The van der Waals surface area contributed by atoms with Crippen LogP contribution in [0.2, 0.25) is 0 Å². The fraction of sp³-hybridized carbons (Fsp3) is 0.692. The third-order valence-corrected chi connectivity index (χ3v) is 6.96. The van der Waals surface area contributed by atoms with E-state index in [0.29, 0.717) is 13.2 Å². The van der Waals surface area contributed by atoms with Crippen LogP contribution in [-0.2, 0) is 25.6 Å². The van der Waals surface area contributed by atoms with Crippen LogP contribution in [-0.4, -0.2) is 48.9 Å². The summed E-state index contributed by atoms with van der Waals surface area (Å²) in [4.78, 5) is 26.9. The summed E-state index contributed by atoms with van der Waals surface area (Å²) in [5.41, 5.74) is 0.455. The molecule has 0 bridgehead atoms. The number of ether oxygens (including phenoxy) is 3. The van der Waals surface area contributed by atoms with Gasteiger partial charge in [0.15, 0.2) is 0 Å². The number of nitrogens with zero attached hydrogens (tertiary/aromatic N) is 1. The Morgan fingerprint density at radius 1 is 0.938 bits per heavy atom. The molecule has 0 aromatic heterocycles. The average Bonchev–Trinajstić information content (AvgIpc) is 2.76. The van der Waals surface area contributed by atoms with Gasteiger partial charge in [0.05, 0.1) is 18.6 Å². The van der Waals surface area contributed by atoms with Crippen molar-refractivity contribution in [3.05, 3.63) is 35.9 Å². The van der Waals surface area contributed by atoms with Crippen molar-refractivity contribution >= 4 is 12.1 Å². The minimum absolute atomic E-state index is 0.109. The molecule has 32 heavy (non-hydrogen) atoms. The molecule has 1 aliphatic carbocycles. The second kappa shape index (κ2) is 10.2. The molecule has 0 radical (unpaired) electrons. The molecule has 6 heteroatoms. The Kier molecular flexibility index (Phi) is 7.86. The highest BCUT2D eigenvalue weighted by atomic mass is 16.6. The molecule has 1 saturated heterocycles. The molecule has 1 amide bonds. The SMILES string of the molecule is CC(C)(C)OC(=O)N1CCC2(CC1)CCC(C)(C(=O)OCCOCc1ccccc1)CC2. The second-order valence-corrected chi connectivity index (χ2v) is 10.7. The van der Waals surface area contributed by atoms with Crippen molar-refractivity contribution in [1.29, 1.82) is 0 Å². The van der Waals surface area contributed by atoms with Crippen LogP contribution in [0.3, 0.4) is 0 Å². The maximum absolute atomic E-state index is 12.8. The van der Waals surface area contributed by atoms with Gasteiger partial charge in [-0.1, -0.05) is 30.3 Å². The Hall–Kier alpha value is -2.08. The van der Waals surface area contributed by atoms with E-state index in [1.54, 1.807) is 0 Å². The van der Waals surface area contributed by atoms with Crippen molar-refractivity contribution in [3.8, 4) is 0 Å². The van der Waals surface area contributed by atoms with Gasteiger partial charge >= 0.3 is 12.1 Å². The molecular weight excluding hydrogens is 406 g/mol. The number of carbonyl (C=O) groups excluding carboxylic acids is 2. The van der Waals surface area contributed by atoms with E-state index in [0.717, 1.165) is 57.2 Å². The van der Waals surface area contributed by atoms with E-state index in [2.05, 4.69) is 0 Å². The van der Waals surface area contributed by atoms with E-state index >= 15 is 0 Å². The molecule has 1 heterocycles. The molecule has 178 valence electrons. The summed E-state index contributed by atoms with van der Waals surface area (Å²) in [6, 6.07) is 9.98. The molecule has 2 fully saturated rings. The van der Waals surface area contributed by atoms with Crippen LogP contribution in [0.4, 0.5) is 4.79 Å². The van der Waals surface area contributed by atoms with E-state index in [-0.39, 0.29) is 24.1 Å². The van der Waals surface area contributed by atoms with Crippen molar-refractivity contribution in [3.63, 3.8) is 0 Å². The fourth-order valence-electron chi connectivity index (χ4n) is 4.66. The maximum Gasteiger partial charge on any atom is 0.410 e. The van der Waals surface area contributed by atoms with Crippen LogP contribution in [0.1, 0.15) is 71.8 Å². The predicted molar refractivity (Wildman–Crippen MR) is 123 cm³/mol. The van der Waals surface area contributed by atoms with Gasteiger partial charge in [0.25, 0.3) is 0 Å². The van der Waals surface area contributed by atoms with E-state index in [4.69, 9.17) is 14.2 Å². The topological polar surface area (TPSA) is 65.1 Å². The number of piperidine rings is 1. The molecule has 1 aromatic rings. The minimum Gasteiger partial charge on any atom is -0.463 e. The van der Waals surface area contributed by atoms with Crippen molar-refractivity contribution in [2.45, 2.75) is 78.4 Å². The molecule has 0 unspecified atom stereocenters. The maximum atomic E-state index is 12.8. The fourth-order valence-corrected chi connectivity index (χ4v) is 4.66. The van der Waals surface area contributed by atoms with Crippen molar-refractivity contribution in [2.75, 3.05) is 26.3 Å². The zero-order chi connectivity index (χ0) is 23.2. The Bertz CT molecular complexity index is 752. The van der Waals surface area contributed by atoms with Gasteiger partial charge < -0.3 is 19.1 Å². The van der Waals surface area contributed by atoms with Crippen LogP contribution >= 0.6 is 0 Å². The van der Waals surface area contributed by atoms with E-state index in [1.165, 1.54) is 0 Å². The first kappa shape index (κ1) is 24.6. The molecule has 1 aliphatic heterocycles. The lowest BCUT2D eigenvalue weighted by Gasteiger charge is -2.48. The van der Waals surface area contributed by atoms with Crippen molar-refractivity contribution in [1.82, 2.24) is 4.90 Å². The average molecular weight is 446 g/mol. The van der Waals surface area contributed by atoms with Gasteiger partial charge in [-0.2, -0.15) is 0 Å². The molecule has 1 spiro atoms. The van der Waals surface area contributed by atoms with Crippen LogP contribution < -0.4 is 0 Å². The summed E-state index contributed by atoms with van der Waals surface area (Å²) in [5.74, 6) is -0.109. The highest BCUT2D eigenvalue weighted by Crippen LogP contribution is 2.51. The lowest BCUT2D eigenvalue weighted by molar-refractivity contribution is -0.160. The third kappa shape index (κ3) is 6.71. The second-order valence-electron chi connectivity index (χ2n) is 10.7. The summed E-state index contributed by atoms with van der Waals surface area (Å²) in [7, 11) is 0. The number of esters is 1. The van der Waals surface area contributed by atoms with Crippen LogP contribution in [0.5, 0.6) is 0 Å². The van der Waals surface area contributed by atoms with Gasteiger partial charge in [-0.25, -0.2) is 4.79 Å². The van der Waals surface area contributed by atoms with Gasteiger partial charge in [-0.3, -0.25) is 4.79 Å². The standard InChI is InChI=1S/C26H39NO5/c1-24(2,3)32-23(29)27-16-14-26(15-17-27)12-10-25(4,11-13-26)22(28)31-19-18-30-20-21-8-6-5-7-9-21/h5-9H,10-20H2,1-4H3. The minimum atomic E-state index is -0.466. The van der Waals surface area contributed by atoms with E-state index in [9.17, 15) is 9.59 Å². The quantitative estimate of drug-likeness (QED) is 0.437. The van der Waals surface area contributed by atoms with Gasteiger partial charge in [-0.15, -0.1) is 0 Å². The summed E-state index contributed by atoms with van der Waals surface area (Å²) in [5, 5.41) is 0. The van der Waals surface area contributed by atoms with Crippen LogP contribution in [0, 0.1) is 10.8 Å². The number of rotatable bonds is 6. The van der Waals surface area contributed by atoms with Gasteiger partial charge in [0, 0.05) is 13.1 Å². The summed E-state index contributed by atoms with van der Waals surface area (Å²) >= 11 is 0. The molecule has 3 rings (SSSR count). The first-order valence-corrected chi connectivity index (χ1v) is 11.9. The Balaban J connectivity index is 1.37. The molecule has 6 nitrogen and oxygen atoms in total. The lowest BCUT2D eigenvalue weighted by Crippen LogP contribution is -2.48. The number of hydrogen-bond acceptors (Lipinski definition) is 5. The molecule has 0 N–H and O–H groups in total. The summed E-state index contributed by atoms with van der Waals surface area (Å²) in [6.07, 6.45) is 5.42.